The van der Waals surface area contributed by atoms with Crippen LogP contribution in [0.15, 0.2) is 66.0 Å². The summed E-state index contributed by atoms with van der Waals surface area (Å²) in [6, 6.07) is 10.8. The average Bonchev–Trinajstić information content (AvgIpc) is 3.31. The Morgan fingerprint density at radius 1 is 0.700 bits per heavy atom. The Balaban J connectivity index is 1.63. The first kappa shape index (κ1) is 27.1. The molecule has 0 saturated carbocycles. The van der Waals surface area contributed by atoms with Crippen molar-refractivity contribution in [3.8, 4) is 34.6 Å². The molecule has 0 radical (unpaired) electrons. The molecule has 206 valence electrons. The van der Waals surface area contributed by atoms with Crippen molar-refractivity contribution in [3.63, 3.8) is 0 Å². The van der Waals surface area contributed by atoms with Gasteiger partial charge in [-0.15, -0.1) is 11.3 Å². The molecule has 0 amide bonds. The van der Waals surface area contributed by atoms with E-state index in [1.807, 2.05) is 6.07 Å². The number of rotatable bonds is 5. The highest BCUT2D eigenvalue weighted by molar-refractivity contribution is 7.17. The Labute approximate surface area is 223 Å². The van der Waals surface area contributed by atoms with Crippen molar-refractivity contribution in [2.45, 2.75) is 12.4 Å². The van der Waals surface area contributed by atoms with Crippen LogP contribution in [0.4, 0.5) is 40.8 Å². The average molecular weight is 583 g/mol. The van der Waals surface area contributed by atoms with Crippen LogP contribution in [0.2, 0.25) is 0 Å². The number of hydrogen-bond donors (Lipinski definition) is 1. The molecule has 5 nitrogen and oxygen atoms in total. The van der Waals surface area contributed by atoms with E-state index in [4.69, 9.17) is 15.2 Å². The van der Waals surface area contributed by atoms with E-state index in [1.165, 1.54) is 11.3 Å². The molecule has 14 heteroatoms. The zero-order valence-corrected chi connectivity index (χ0v) is 20.4. The first-order chi connectivity index (χ1) is 18.8. The first-order valence-electron chi connectivity index (χ1n) is 11.0. The van der Waals surface area contributed by atoms with Gasteiger partial charge in [0.15, 0.2) is 11.5 Å². The van der Waals surface area contributed by atoms with Crippen LogP contribution in [-0.4, -0.2) is 9.97 Å². The van der Waals surface area contributed by atoms with E-state index >= 15 is 0 Å². The lowest BCUT2D eigenvalue weighted by atomic mass is 10.1. The van der Waals surface area contributed by atoms with Crippen molar-refractivity contribution >= 4 is 27.1 Å². The van der Waals surface area contributed by atoms with Crippen molar-refractivity contribution in [3.05, 3.63) is 88.8 Å². The molecule has 2 aromatic heterocycles. The maximum atomic E-state index is 13.8. The van der Waals surface area contributed by atoms with Gasteiger partial charge in [0.2, 0.25) is 11.8 Å². The number of nitrogen functional groups attached to an aromatic ring is 1. The Hall–Kier alpha value is -4.46. The van der Waals surface area contributed by atoms with E-state index in [9.17, 15) is 35.1 Å². The molecule has 0 aliphatic carbocycles. The summed E-state index contributed by atoms with van der Waals surface area (Å²) in [6.07, 6.45) is -10.1. The van der Waals surface area contributed by atoms with Crippen LogP contribution in [0.1, 0.15) is 11.1 Å². The molecular weight excluding hydrogens is 570 g/mol. The van der Waals surface area contributed by atoms with Gasteiger partial charge in [0.05, 0.1) is 11.1 Å². The molecule has 0 bridgehead atoms. The third kappa shape index (κ3) is 5.34. The maximum Gasteiger partial charge on any atom is 0.419 e. The van der Waals surface area contributed by atoms with Gasteiger partial charge in [0.1, 0.15) is 23.1 Å². The fourth-order valence-corrected chi connectivity index (χ4v) is 4.59. The molecule has 0 saturated heterocycles. The van der Waals surface area contributed by atoms with Crippen LogP contribution in [0, 0.1) is 11.6 Å². The van der Waals surface area contributed by atoms with Crippen molar-refractivity contribution < 1.29 is 44.6 Å². The minimum absolute atomic E-state index is 0.0898. The van der Waals surface area contributed by atoms with Gasteiger partial charge >= 0.3 is 12.4 Å². The number of benzene rings is 3. The van der Waals surface area contributed by atoms with Crippen molar-refractivity contribution in [2.24, 2.45) is 0 Å². The number of thiophene rings is 1. The van der Waals surface area contributed by atoms with Crippen LogP contribution < -0.4 is 15.2 Å². The molecule has 0 fully saturated rings. The first-order valence-corrected chi connectivity index (χ1v) is 11.9. The highest BCUT2D eigenvalue weighted by Gasteiger charge is 2.36. The number of anilines is 1. The molecule has 3 aromatic carbocycles. The summed E-state index contributed by atoms with van der Waals surface area (Å²) >= 11 is 1.32. The number of fused-ring (bicyclic) bond motifs is 1. The second kappa shape index (κ2) is 9.93. The van der Waals surface area contributed by atoms with E-state index in [0.717, 1.165) is 16.8 Å². The Morgan fingerprint density at radius 3 is 1.70 bits per heavy atom. The molecular formula is C26H13F8N3O2S. The standard InChI is InChI=1S/C26H13F8N3O2S/c27-18-7-5-12(9-16(18)25(29,30)31)38-23-21(35)24(39-13-6-8-19(28)17(10-13)26(32,33)34)37-22(36-23)15-11-40-20-4-2-1-3-14(15)20/h1-11H,35H2. The number of nitrogens with two attached hydrogens (primary N) is 1. The van der Waals surface area contributed by atoms with E-state index in [-0.39, 0.29) is 5.82 Å². The van der Waals surface area contributed by atoms with Crippen LogP contribution in [0.25, 0.3) is 21.5 Å². The molecule has 0 aliphatic rings. The van der Waals surface area contributed by atoms with E-state index in [2.05, 4.69) is 9.97 Å². The van der Waals surface area contributed by atoms with Gasteiger partial charge in [0, 0.05) is 21.0 Å². The Bertz CT molecular complexity index is 1650. The predicted octanol–water partition coefficient (Wildman–Crippen LogP) is 8.84. The van der Waals surface area contributed by atoms with Gasteiger partial charge in [-0.25, -0.2) is 8.78 Å². The second-order valence-corrected chi connectivity index (χ2v) is 9.11. The zero-order chi connectivity index (χ0) is 28.8. The summed E-state index contributed by atoms with van der Waals surface area (Å²) in [5.41, 5.74) is 2.77. The van der Waals surface area contributed by atoms with Crippen LogP contribution in [-0.2, 0) is 12.4 Å². The third-order valence-electron chi connectivity index (χ3n) is 5.51. The number of halogens is 8. The maximum absolute atomic E-state index is 13.8. The topological polar surface area (TPSA) is 70.3 Å². The molecule has 0 unspecified atom stereocenters. The molecule has 5 rings (SSSR count). The van der Waals surface area contributed by atoms with Crippen LogP contribution in [0.5, 0.6) is 23.3 Å². The number of nitrogens with zero attached hydrogens (tertiary/aromatic N) is 2. The van der Waals surface area contributed by atoms with Crippen molar-refractivity contribution in [1.82, 2.24) is 9.97 Å². The predicted molar refractivity (Wildman–Crippen MR) is 130 cm³/mol. The second-order valence-electron chi connectivity index (χ2n) is 8.20. The SMILES string of the molecule is Nc1c(Oc2ccc(F)c(C(F)(F)F)c2)nc(-c2csc3ccccc23)nc1Oc1ccc(F)c(C(F)(F)F)c1. The summed E-state index contributed by atoms with van der Waals surface area (Å²) < 4.78 is 119. The van der Waals surface area contributed by atoms with Crippen LogP contribution >= 0.6 is 11.3 Å². The lowest BCUT2D eigenvalue weighted by Gasteiger charge is -2.15. The molecule has 0 aliphatic heterocycles. The molecule has 2 heterocycles. The quantitative estimate of drug-likeness (QED) is 0.209. The lowest BCUT2D eigenvalue weighted by Crippen LogP contribution is -2.09. The zero-order valence-electron chi connectivity index (χ0n) is 19.6. The summed E-state index contributed by atoms with van der Waals surface area (Å²) in [5, 5.41) is 2.35. The lowest BCUT2D eigenvalue weighted by molar-refractivity contribution is -0.140. The molecule has 2 N–H and O–H groups in total. The van der Waals surface area contributed by atoms with E-state index < -0.39 is 64.1 Å². The Morgan fingerprint density at radius 2 is 1.20 bits per heavy atom. The van der Waals surface area contributed by atoms with Crippen molar-refractivity contribution in [1.29, 1.82) is 0 Å². The third-order valence-corrected chi connectivity index (χ3v) is 6.48. The molecule has 0 atom stereocenters. The summed E-state index contributed by atoms with van der Waals surface area (Å²) in [7, 11) is 0. The summed E-state index contributed by atoms with van der Waals surface area (Å²) in [5.74, 6) is -5.20. The van der Waals surface area contributed by atoms with Gasteiger partial charge in [-0.1, -0.05) is 18.2 Å². The smallest absolute Gasteiger partial charge is 0.419 e. The minimum Gasteiger partial charge on any atom is -0.437 e. The largest absolute Gasteiger partial charge is 0.437 e. The van der Waals surface area contributed by atoms with E-state index in [1.54, 1.807) is 23.6 Å². The summed E-state index contributed by atoms with van der Waals surface area (Å²) in [4.78, 5) is 8.40. The normalized spacial score (nSPS) is 12.1. The highest BCUT2D eigenvalue weighted by Crippen LogP contribution is 2.42. The van der Waals surface area contributed by atoms with E-state index in [0.29, 0.717) is 35.2 Å². The monoisotopic (exact) mass is 583 g/mol. The minimum atomic E-state index is -5.03. The molecule has 5 aromatic rings. The van der Waals surface area contributed by atoms with Crippen LogP contribution in [0.3, 0.4) is 0 Å². The fourth-order valence-electron chi connectivity index (χ4n) is 3.65. The van der Waals surface area contributed by atoms with Gasteiger partial charge in [-0.3, -0.25) is 0 Å². The van der Waals surface area contributed by atoms with Gasteiger partial charge in [-0.05, 0) is 42.5 Å². The highest BCUT2D eigenvalue weighted by atomic mass is 32.1. The number of alkyl halides is 6. The summed E-state index contributed by atoms with van der Waals surface area (Å²) in [6.45, 7) is 0. The van der Waals surface area contributed by atoms with Crippen molar-refractivity contribution in [2.75, 3.05) is 5.73 Å². The Kier molecular flexibility index (Phi) is 6.74. The van der Waals surface area contributed by atoms with Gasteiger partial charge in [-0.2, -0.15) is 36.3 Å². The van der Waals surface area contributed by atoms with Gasteiger partial charge in [0.25, 0.3) is 0 Å². The number of ether oxygens (including phenoxy) is 2. The van der Waals surface area contributed by atoms with Gasteiger partial charge < -0.3 is 15.2 Å². The molecule has 40 heavy (non-hydrogen) atoms. The fraction of sp³-hybridized carbons (Fsp3) is 0.0769. The number of aromatic nitrogens is 2. The number of hydrogen-bond acceptors (Lipinski definition) is 6. The molecule has 0 spiro atoms.